The molecule has 0 aromatic heterocycles. The molecule has 0 amide bonds. The van der Waals surface area contributed by atoms with Crippen molar-refractivity contribution in [2.75, 3.05) is 13.2 Å². The Labute approximate surface area is 121 Å². The molecule has 0 saturated heterocycles. The predicted molar refractivity (Wildman–Crippen MR) is 74.7 cm³/mol. The van der Waals surface area contributed by atoms with E-state index in [9.17, 15) is 9.59 Å². The molecule has 0 aliphatic carbocycles. The van der Waals surface area contributed by atoms with Crippen molar-refractivity contribution < 1.29 is 19.1 Å². The number of ether oxygens (including phenoxy) is 2. The number of rotatable bonds is 7. The van der Waals surface area contributed by atoms with Crippen molar-refractivity contribution in [2.24, 2.45) is 0 Å². The fourth-order valence-corrected chi connectivity index (χ4v) is 1.97. The summed E-state index contributed by atoms with van der Waals surface area (Å²) in [6.45, 7) is 2.37. The number of hydrogen-bond acceptors (Lipinski definition) is 4. The van der Waals surface area contributed by atoms with Crippen LogP contribution in [0.5, 0.6) is 0 Å². The fraction of sp³-hybridized carbons (Fsp3) is 0.429. The summed E-state index contributed by atoms with van der Waals surface area (Å²) in [5, 5.41) is 0. The van der Waals surface area contributed by atoms with Gasteiger partial charge in [0, 0.05) is 10.9 Å². The van der Waals surface area contributed by atoms with Crippen LogP contribution in [0.15, 0.2) is 28.7 Å². The highest BCUT2D eigenvalue weighted by Gasteiger charge is 2.08. The van der Waals surface area contributed by atoms with Crippen LogP contribution in [0.3, 0.4) is 0 Å². The molecule has 104 valence electrons. The Morgan fingerprint density at radius 2 is 1.74 bits per heavy atom. The summed E-state index contributed by atoms with van der Waals surface area (Å²) in [5.41, 5.74) is 1.08. The summed E-state index contributed by atoms with van der Waals surface area (Å²) in [5.74, 6) is -0.745. The van der Waals surface area contributed by atoms with Crippen molar-refractivity contribution in [3.63, 3.8) is 0 Å². The van der Waals surface area contributed by atoms with Crippen LogP contribution in [0.25, 0.3) is 0 Å². The average molecular weight is 329 g/mol. The monoisotopic (exact) mass is 328 g/mol. The minimum atomic E-state index is -0.375. The summed E-state index contributed by atoms with van der Waals surface area (Å²) >= 11 is 3.43. The molecule has 0 bridgehead atoms. The van der Waals surface area contributed by atoms with Crippen molar-refractivity contribution >= 4 is 27.9 Å². The average Bonchev–Trinajstić information content (AvgIpc) is 2.39. The van der Waals surface area contributed by atoms with E-state index in [0.717, 1.165) is 10.0 Å². The predicted octanol–water partition coefficient (Wildman–Crippen LogP) is 2.88. The van der Waals surface area contributed by atoms with E-state index in [2.05, 4.69) is 15.9 Å². The zero-order valence-electron chi connectivity index (χ0n) is 10.9. The molecular formula is C14H17BrO4. The third-order valence-electron chi connectivity index (χ3n) is 2.43. The lowest BCUT2D eigenvalue weighted by Gasteiger charge is -2.06. The highest BCUT2D eigenvalue weighted by atomic mass is 79.9. The third kappa shape index (κ3) is 6.38. The van der Waals surface area contributed by atoms with Gasteiger partial charge in [-0.1, -0.05) is 34.1 Å². The van der Waals surface area contributed by atoms with Crippen LogP contribution in [-0.2, 0) is 25.5 Å². The van der Waals surface area contributed by atoms with Crippen molar-refractivity contribution in [3.05, 3.63) is 34.3 Å². The van der Waals surface area contributed by atoms with Crippen LogP contribution < -0.4 is 0 Å². The molecule has 0 spiro atoms. The Bertz CT molecular complexity index is 431. The molecule has 0 fully saturated rings. The molecule has 1 rings (SSSR count). The normalized spacial score (nSPS) is 10.0. The SMILES string of the molecule is CCOC(=O)CCC(=O)OCCc1ccccc1Br. The molecule has 1 aromatic rings. The highest BCUT2D eigenvalue weighted by molar-refractivity contribution is 9.10. The van der Waals surface area contributed by atoms with Gasteiger partial charge < -0.3 is 9.47 Å². The molecule has 0 heterocycles. The minimum Gasteiger partial charge on any atom is -0.466 e. The first-order valence-electron chi connectivity index (χ1n) is 6.18. The van der Waals surface area contributed by atoms with Crippen LogP contribution in [0.2, 0.25) is 0 Å². The molecule has 1 aromatic carbocycles. The third-order valence-corrected chi connectivity index (χ3v) is 3.20. The number of halogens is 1. The topological polar surface area (TPSA) is 52.6 Å². The lowest BCUT2D eigenvalue weighted by Crippen LogP contribution is -2.11. The van der Waals surface area contributed by atoms with Crippen LogP contribution in [0.1, 0.15) is 25.3 Å². The van der Waals surface area contributed by atoms with E-state index in [-0.39, 0.29) is 24.8 Å². The Balaban J connectivity index is 2.21. The second-order valence-electron chi connectivity index (χ2n) is 3.87. The van der Waals surface area contributed by atoms with Gasteiger partial charge in [0.15, 0.2) is 0 Å². The van der Waals surface area contributed by atoms with Gasteiger partial charge in [0.2, 0.25) is 0 Å². The maximum atomic E-state index is 11.4. The molecule has 0 unspecified atom stereocenters. The van der Waals surface area contributed by atoms with Gasteiger partial charge in [0.25, 0.3) is 0 Å². The molecule has 5 heteroatoms. The molecule has 0 atom stereocenters. The molecule has 0 saturated carbocycles. The summed E-state index contributed by atoms with van der Waals surface area (Å²) in [6, 6.07) is 7.77. The number of hydrogen-bond donors (Lipinski definition) is 0. The minimum absolute atomic E-state index is 0.0643. The zero-order valence-corrected chi connectivity index (χ0v) is 12.4. The Kier molecular flexibility index (Phi) is 7.18. The van der Waals surface area contributed by atoms with Gasteiger partial charge in [-0.05, 0) is 18.6 Å². The molecular weight excluding hydrogens is 312 g/mol. The van der Waals surface area contributed by atoms with Gasteiger partial charge >= 0.3 is 11.9 Å². The number of carbonyl (C=O) groups excluding carboxylic acids is 2. The van der Waals surface area contributed by atoms with Crippen molar-refractivity contribution in [1.29, 1.82) is 0 Å². The zero-order chi connectivity index (χ0) is 14.1. The summed E-state index contributed by atoms with van der Waals surface area (Å²) in [7, 11) is 0. The summed E-state index contributed by atoms with van der Waals surface area (Å²) < 4.78 is 10.8. The number of benzene rings is 1. The maximum absolute atomic E-state index is 11.4. The van der Waals surface area contributed by atoms with Crippen molar-refractivity contribution in [2.45, 2.75) is 26.2 Å². The van der Waals surface area contributed by atoms with E-state index in [1.165, 1.54) is 0 Å². The smallest absolute Gasteiger partial charge is 0.306 e. The van der Waals surface area contributed by atoms with E-state index in [1.807, 2.05) is 24.3 Å². The van der Waals surface area contributed by atoms with Crippen molar-refractivity contribution in [1.82, 2.24) is 0 Å². The molecule has 0 aliphatic heterocycles. The van der Waals surface area contributed by atoms with E-state index >= 15 is 0 Å². The molecule has 0 N–H and O–H groups in total. The molecule has 0 radical (unpaired) electrons. The van der Waals surface area contributed by atoms with Gasteiger partial charge in [0.05, 0.1) is 26.1 Å². The number of esters is 2. The van der Waals surface area contributed by atoms with E-state index in [0.29, 0.717) is 19.6 Å². The van der Waals surface area contributed by atoms with Crippen LogP contribution in [0, 0.1) is 0 Å². The van der Waals surface area contributed by atoms with Gasteiger partial charge in [-0.25, -0.2) is 0 Å². The second-order valence-corrected chi connectivity index (χ2v) is 4.72. The van der Waals surface area contributed by atoms with Gasteiger partial charge in [-0.2, -0.15) is 0 Å². The summed E-state index contributed by atoms with van der Waals surface area (Å²) in [4.78, 5) is 22.4. The highest BCUT2D eigenvalue weighted by Crippen LogP contribution is 2.16. The maximum Gasteiger partial charge on any atom is 0.306 e. The molecule has 19 heavy (non-hydrogen) atoms. The van der Waals surface area contributed by atoms with E-state index in [4.69, 9.17) is 9.47 Å². The Hall–Kier alpha value is -1.36. The fourth-order valence-electron chi connectivity index (χ4n) is 1.49. The summed E-state index contributed by atoms with van der Waals surface area (Å²) in [6.07, 6.45) is 0.781. The first kappa shape index (κ1) is 15.7. The van der Waals surface area contributed by atoms with Crippen LogP contribution in [0.4, 0.5) is 0 Å². The Morgan fingerprint density at radius 3 is 2.37 bits per heavy atom. The van der Waals surface area contributed by atoms with E-state index < -0.39 is 0 Å². The first-order chi connectivity index (χ1) is 9.13. The lowest BCUT2D eigenvalue weighted by molar-refractivity contribution is -0.150. The molecule has 4 nitrogen and oxygen atoms in total. The van der Waals surface area contributed by atoms with Crippen molar-refractivity contribution in [3.8, 4) is 0 Å². The lowest BCUT2D eigenvalue weighted by atomic mass is 10.2. The van der Waals surface area contributed by atoms with Gasteiger partial charge in [0.1, 0.15) is 0 Å². The van der Waals surface area contributed by atoms with Gasteiger partial charge in [-0.3, -0.25) is 9.59 Å². The Morgan fingerprint density at radius 1 is 1.11 bits per heavy atom. The van der Waals surface area contributed by atoms with Crippen LogP contribution in [-0.4, -0.2) is 25.2 Å². The molecule has 0 aliphatic rings. The van der Waals surface area contributed by atoms with Gasteiger partial charge in [-0.15, -0.1) is 0 Å². The number of carbonyl (C=O) groups is 2. The van der Waals surface area contributed by atoms with E-state index in [1.54, 1.807) is 6.92 Å². The quantitative estimate of drug-likeness (QED) is 0.722. The first-order valence-corrected chi connectivity index (χ1v) is 6.97. The largest absolute Gasteiger partial charge is 0.466 e. The second kappa shape index (κ2) is 8.69. The standard InChI is InChI=1S/C14H17BrO4/c1-2-18-13(16)7-8-14(17)19-10-9-11-5-3-4-6-12(11)15/h3-6H,2,7-10H2,1H3. The van der Waals surface area contributed by atoms with Crippen LogP contribution >= 0.6 is 15.9 Å².